The summed E-state index contributed by atoms with van der Waals surface area (Å²) < 4.78 is 0. The molecular formula is C19H18N2O5. The molecule has 0 heterocycles. The Bertz CT molecular complexity index is 833. The summed E-state index contributed by atoms with van der Waals surface area (Å²) in [5, 5.41) is 3.23. The van der Waals surface area contributed by atoms with E-state index in [4.69, 9.17) is 0 Å². The number of para-hydroxylation sites is 1. The molecule has 0 radical (unpaired) electrons. The molecule has 0 saturated heterocycles. The third-order valence-corrected chi connectivity index (χ3v) is 3.36. The van der Waals surface area contributed by atoms with Crippen LogP contribution in [-0.2, 0) is 19.2 Å². The quantitative estimate of drug-likeness (QED) is 0.656. The van der Waals surface area contributed by atoms with Gasteiger partial charge in [0.25, 0.3) is 5.91 Å². The van der Waals surface area contributed by atoms with Crippen molar-refractivity contribution >= 4 is 29.3 Å². The van der Waals surface area contributed by atoms with E-state index < -0.39 is 24.3 Å². The number of nitrogens with zero attached hydrogens (tertiary/aromatic N) is 1. The lowest BCUT2D eigenvalue weighted by atomic mass is 10.0. The largest absolute Gasteiger partial charge is 0.338 e. The number of carbonyl (C=O) groups excluding carboxylic acids is 4. The molecule has 0 fully saturated rings. The maximum Gasteiger partial charge on any atom is 0.329 e. The van der Waals surface area contributed by atoms with E-state index in [-0.39, 0.29) is 5.78 Å². The van der Waals surface area contributed by atoms with Crippen LogP contribution in [0.5, 0.6) is 0 Å². The Kier molecular flexibility index (Phi) is 6.21. The number of anilines is 1. The standard InChI is InChI=1S/C19H18N2O5/c1-13(22)21(26-14(2)23)12-18(24)20-17-11-7-6-10-16(17)19(25)15-8-4-3-5-9-15/h3-11H,12H2,1-2H3,(H,20,24). The molecule has 2 aromatic carbocycles. The molecular weight excluding hydrogens is 336 g/mol. The van der Waals surface area contributed by atoms with Crippen LogP contribution in [0.3, 0.4) is 0 Å². The van der Waals surface area contributed by atoms with E-state index >= 15 is 0 Å². The van der Waals surface area contributed by atoms with Crippen LogP contribution in [0.4, 0.5) is 5.69 Å². The number of nitrogens with one attached hydrogen (secondary N) is 1. The van der Waals surface area contributed by atoms with Crippen LogP contribution >= 0.6 is 0 Å². The molecule has 134 valence electrons. The first-order valence-corrected chi connectivity index (χ1v) is 7.83. The zero-order chi connectivity index (χ0) is 19.1. The lowest BCUT2D eigenvalue weighted by molar-refractivity contribution is -0.195. The Morgan fingerprint density at radius 1 is 0.923 bits per heavy atom. The minimum Gasteiger partial charge on any atom is -0.338 e. The molecule has 7 heteroatoms. The van der Waals surface area contributed by atoms with Gasteiger partial charge in [-0.05, 0) is 12.1 Å². The molecule has 7 nitrogen and oxygen atoms in total. The molecule has 2 rings (SSSR count). The lowest BCUT2D eigenvalue weighted by Crippen LogP contribution is -2.38. The predicted octanol–water partition coefficient (Wildman–Crippen LogP) is 2.18. The average molecular weight is 354 g/mol. The number of rotatable bonds is 5. The molecule has 0 unspecified atom stereocenters. The van der Waals surface area contributed by atoms with Gasteiger partial charge < -0.3 is 10.2 Å². The third kappa shape index (κ3) is 5.01. The second-order valence-electron chi connectivity index (χ2n) is 5.43. The lowest BCUT2D eigenvalue weighted by Gasteiger charge is -2.18. The van der Waals surface area contributed by atoms with Crippen molar-refractivity contribution in [3.63, 3.8) is 0 Å². The highest BCUT2D eigenvalue weighted by molar-refractivity contribution is 6.14. The Labute approximate surface area is 150 Å². The van der Waals surface area contributed by atoms with Gasteiger partial charge in [0.15, 0.2) is 5.78 Å². The maximum atomic E-state index is 12.6. The SMILES string of the molecule is CC(=O)ON(CC(=O)Nc1ccccc1C(=O)c1ccccc1)C(C)=O. The Balaban J connectivity index is 2.17. The summed E-state index contributed by atoms with van der Waals surface area (Å²) in [6.45, 7) is 1.81. The molecule has 0 atom stereocenters. The number of ketones is 1. The fourth-order valence-corrected chi connectivity index (χ4v) is 2.22. The van der Waals surface area contributed by atoms with Crippen LogP contribution in [0.25, 0.3) is 0 Å². The van der Waals surface area contributed by atoms with E-state index in [0.717, 1.165) is 6.92 Å². The number of benzene rings is 2. The van der Waals surface area contributed by atoms with Gasteiger partial charge in [-0.1, -0.05) is 42.5 Å². The number of hydrogen-bond acceptors (Lipinski definition) is 5. The molecule has 2 aromatic rings. The highest BCUT2D eigenvalue weighted by Gasteiger charge is 2.19. The van der Waals surface area contributed by atoms with Crippen molar-refractivity contribution in [1.29, 1.82) is 0 Å². The van der Waals surface area contributed by atoms with Gasteiger partial charge in [-0.3, -0.25) is 19.2 Å². The molecule has 0 aliphatic rings. The molecule has 0 aromatic heterocycles. The highest BCUT2D eigenvalue weighted by Crippen LogP contribution is 2.19. The van der Waals surface area contributed by atoms with E-state index in [0.29, 0.717) is 21.9 Å². The Morgan fingerprint density at radius 2 is 1.54 bits per heavy atom. The van der Waals surface area contributed by atoms with Gasteiger partial charge >= 0.3 is 5.97 Å². The van der Waals surface area contributed by atoms with Crippen molar-refractivity contribution in [1.82, 2.24) is 5.06 Å². The monoisotopic (exact) mass is 354 g/mol. The van der Waals surface area contributed by atoms with Crippen LogP contribution in [-0.4, -0.2) is 35.2 Å². The summed E-state index contributed by atoms with van der Waals surface area (Å²) in [6, 6.07) is 15.2. The fourth-order valence-electron chi connectivity index (χ4n) is 2.22. The summed E-state index contributed by atoms with van der Waals surface area (Å²) in [5.41, 5.74) is 1.10. The topological polar surface area (TPSA) is 92.8 Å². The van der Waals surface area contributed by atoms with Gasteiger partial charge in [0, 0.05) is 25.0 Å². The van der Waals surface area contributed by atoms with E-state index in [1.807, 2.05) is 0 Å². The highest BCUT2D eigenvalue weighted by atomic mass is 16.7. The van der Waals surface area contributed by atoms with E-state index in [9.17, 15) is 19.2 Å². The summed E-state index contributed by atoms with van der Waals surface area (Å²) in [7, 11) is 0. The minimum atomic E-state index is -0.715. The van der Waals surface area contributed by atoms with E-state index in [1.165, 1.54) is 6.92 Å². The van der Waals surface area contributed by atoms with Gasteiger partial charge in [0.2, 0.25) is 5.91 Å². The molecule has 26 heavy (non-hydrogen) atoms. The molecule has 0 spiro atoms. The van der Waals surface area contributed by atoms with Crippen LogP contribution in [0, 0.1) is 0 Å². The first-order valence-electron chi connectivity index (χ1n) is 7.83. The van der Waals surface area contributed by atoms with Crippen LogP contribution < -0.4 is 5.32 Å². The Hall–Kier alpha value is -3.48. The third-order valence-electron chi connectivity index (χ3n) is 3.36. The van der Waals surface area contributed by atoms with Gasteiger partial charge in [0.05, 0.1) is 5.69 Å². The zero-order valence-electron chi connectivity index (χ0n) is 14.4. The summed E-state index contributed by atoms with van der Waals surface area (Å²) in [4.78, 5) is 52.0. The van der Waals surface area contributed by atoms with Crippen molar-refractivity contribution in [2.24, 2.45) is 0 Å². The molecule has 2 amide bonds. The van der Waals surface area contributed by atoms with Gasteiger partial charge in [-0.25, -0.2) is 0 Å². The normalized spacial score (nSPS) is 9.92. The maximum absolute atomic E-state index is 12.6. The molecule has 0 aliphatic carbocycles. The molecule has 0 bridgehead atoms. The summed E-state index contributed by atoms with van der Waals surface area (Å²) >= 11 is 0. The van der Waals surface area contributed by atoms with Crippen molar-refractivity contribution in [2.75, 3.05) is 11.9 Å². The minimum absolute atomic E-state index is 0.245. The van der Waals surface area contributed by atoms with Crippen LogP contribution in [0.1, 0.15) is 29.8 Å². The molecule has 1 N–H and O–H groups in total. The van der Waals surface area contributed by atoms with Crippen LogP contribution in [0.15, 0.2) is 54.6 Å². The number of hydroxylamine groups is 2. The fraction of sp³-hybridized carbons (Fsp3) is 0.158. The van der Waals surface area contributed by atoms with Gasteiger partial charge in [-0.2, -0.15) is 5.06 Å². The van der Waals surface area contributed by atoms with Crippen molar-refractivity contribution in [2.45, 2.75) is 13.8 Å². The number of hydrogen-bond donors (Lipinski definition) is 1. The average Bonchev–Trinajstić information content (AvgIpc) is 2.61. The van der Waals surface area contributed by atoms with Gasteiger partial charge in [-0.15, -0.1) is 0 Å². The second-order valence-corrected chi connectivity index (χ2v) is 5.43. The first kappa shape index (κ1) is 18.9. The Morgan fingerprint density at radius 3 is 2.15 bits per heavy atom. The first-order chi connectivity index (χ1) is 12.4. The predicted molar refractivity (Wildman–Crippen MR) is 94.1 cm³/mol. The van der Waals surface area contributed by atoms with Gasteiger partial charge in [0.1, 0.15) is 6.54 Å². The van der Waals surface area contributed by atoms with Crippen molar-refractivity contribution in [3.8, 4) is 0 Å². The van der Waals surface area contributed by atoms with Crippen molar-refractivity contribution < 1.29 is 24.0 Å². The summed E-state index contributed by atoms with van der Waals surface area (Å²) in [5.74, 6) is -2.16. The van der Waals surface area contributed by atoms with Crippen LogP contribution in [0.2, 0.25) is 0 Å². The smallest absolute Gasteiger partial charge is 0.329 e. The molecule has 0 saturated carbocycles. The molecule has 0 aliphatic heterocycles. The van der Waals surface area contributed by atoms with E-state index in [2.05, 4.69) is 10.2 Å². The number of carbonyl (C=O) groups is 4. The number of amides is 2. The summed E-state index contributed by atoms with van der Waals surface area (Å²) in [6.07, 6.45) is 0. The zero-order valence-corrected chi connectivity index (χ0v) is 14.4. The second kappa shape index (κ2) is 8.57. The van der Waals surface area contributed by atoms with Crippen molar-refractivity contribution in [3.05, 3.63) is 65.7 Å². The van der Waals surface area contributed by atoms with E-state index in [1.54, 1.807) is 54.6 Å².